The van der Waals surface area contributed by atoms with E-state index in [-0.39, 0.29) is 11.9 Å². The lowest BCUT2D eigenvalue weighted by molar-refractivity contribution is -0.134. The SMILES string of the molecule is CCCCCCCC(=O)Nc1ccc(OC(=O)CCCCCCC)cc1. The number of unbranched alkanes of at least 4 members (excludes halogenated alkanes) is 8. The molecule has 1 aromatic rings. The van der Waals surface area contributed by atoms with E-state index in [1.165, 1.54) is 38.5 Å². The quantitative estimate of drug-likeness (QED) is 0.242. The zero-order valence-electron chi connectivity index (χ0n) is 16.5. The van der Waals surface area contributed by atoms with Crippen LogP contribution in [0.1, 0.15) is 90.9 Å². The van der Waals surface area contributed by atoms with Crippen molar-refractivity contribution in [3.05, 3.63) is 24.3 Å². The first-order valence-electron chi connectivity index (χ1n) is 10.3. The van der Waals surface area contributed by atoms with Crippen LogP contribution in [0.2, 0.25) is 0 Å². The van der Waals surface area contributed by atoms with Crippen LogP contribution < -0.4 is 10.1 Å². The predicted molar refractivity (Wildman–Crippen MR) is 107 cm³/mol. The molecule has 4 heteroatoms. The molecule has 1 rings (SSSR count). The third-order valence-corrected chi connectivity index (χ3v) is 4.36. The molecule has 26 heavy (non-hydrogen) atoms. The van der Waals surface area contributed by atoms with E-state index in [9.17, 15) is 9.59 Å². The van der Waals surface area contributed by atoms with Crippen LogP contribution >= 0.6 is 0 Å². The number of nitrogens with one attached hydrogen (secondary N) is 1. The van der Waals surface area contributed by atoms with Crippen LogP contribution in [0, 0.1) is 0 Å². The fourth-order valence-corrected chi connectivity index (χ4v) is 2.77. The molecule has 1 N–H and O–H groups in total. The summed E-state index contributed by atoms with van der Waals surface area (Å²) in [5.74, 6) is 0.379. The largest absolute Gasteiger partial charge is 0.427 e. The van der Waals surface area contributed by atoms with E-state index in [4.69, 9.17) is 4.74 Å². The Morgan fingerprint density at radius 2 is 1.31 bits per heavy atom. The molecule has 0 atom stereocenters. The second-order valence-electron chi connectivity index (χ2n) is 6.88. The van der Waals surface area contributed by atoms with Gasteiger partial charge in [0.15, 0.2) is 0 Å². The van der Waals surface area contributed by atoms with Crippen molar-refractivity contribution in [2.75, 3.05) is 5.32 Å². The van der Waals surface area contributed by atoms with E-state index in [1.807, 2.05) is 0 Å². The van der Waals surface area contributed by atoms with Crippen molar-refractivity contribution in [3.63, 3.8) is 0 Å². The molecule has 0 saturated carbocycles. The molecular formula is C22H35NO3. The molecular weight excluding hydrogens is 326 g/mol. The van der Waals surface area contributed by atoms with Gasteiger partial charge in [0.2, 0.25) is 5.91 Å². The Hall–Kier alpha value is -1.84. The lowest BCUT2D eigenvalue weighted by Gasteiger charge is -2.07. The van der Waals surface area contributed by atoms with Gasteiger partial charge in [-0.2, -0.15) is 0 Å². The minimum Gasteiger partial charge on any atom is -0.427 e. The number of rotatable bonds is 14. The lowest BCUT2D eigenvalue weighted by Crippen LogP contribution is -2.11. The third kappa shape index (κ3) is 10.9. The summed E-state index contributed by atoms with van der Waals surface area (Å²) in [6, 6.07) is 7.01. The summed E-state index contributed by atoms with van der Waals surface area (Å²) in [7, 11) is 0. The molecule has 0 saturated heterocycles. The van der Waals surface area contributed by atoms with Crippen molar-refractivity contribution in [2.24, 2.45) is 0 Å². The maximum absolute atomic E-state index is 11.9. The van der Waals surface area contributed by atoms with Crippen LogP contribution in [0.15, 0.2) is 24.3 Å². The van der Waals surface area contributed by atoms with Crippen LogP contribution in [-0.4, -0.2) is 11.9 Å². The Labute approximate surface area is 158 Å². The topological polar surface area (TPSA) is 55.4 Å². The van der Waals surface area contributed by atoms with Crippen LogP contribution in [0.4, 0.5) is 5.69 Å². The van der Waals surface area contributed by atoms with Gasteiger partial charge in [0, 0.05) is 18.5 Å². The van der Waals surface area contributed by atoms with Gasteiger partial charge in [-0.25, -0.2) is 0 Å². The lowest BCUT2D eigenvalue weighted by atomic mass is 10.1. The number of amides is 1. The molecule has 0 aliphatic rings. The average molecular weight is 362 g/mol. The van der Waals surface area contributed by atoms with Crippen LogP contribution in [-0.2, 0) is 9.59 Å². The van der Waals surface area contributed by atoms with E-state index in [2.05, 4.69) is 19.2 Å². The number of ether oxygens (including phenoxy) is 1. The van der Waals surface area contributed by atoms with Gasteiger partial charge < -0.3 is 10.1 Å². The van der Waals surface area contributed by atoms with Crippen LogP contribution in [0.25, 0.3) is 0 Å². The van der Waals surface area contributed by atoms with Crippen molar-refractivity contribution in [1.29, 1.82) is 0 Å². The maximum atomic E-state index is 11.9. The Balaban J connectivity index is 2.23. The summed E-state index contributed by atoms with van der Waals surface area (Å²) < 4.78 is 5.33. The number of anilines is 1. The molecule has 0 heterocycles. The summed E-state index contributed by atoms with van der Waals surface area (Å²) in [4.78, 5) is 23.7. The van der Waals surface area contributed by atoms with Crippen molar-refractivity contribution in [3.8, 4) is 5.75 Å². The molecule has 0 fully saturated rings. The van der Waals surface area contributed by atoms with Gasteiger partial charge in [0.25, 0.3) is 0 Å². The molecule has 0 aliphatic carbocycles. The predicted octanol–water partition coefficient (Wildman–Crippen LogP) is 6.25. The number of hydrogen-bond acceptors (Lipinski definition) is 3. The number of benzene rings is 1. The fourth-order valence-electron chi connectivity index (χ4n) is 2.77. The molecule has 1 aromatic carbocycles. The van der Waals surface area contributed by atoms with Crippen molar-refractivity contribution < 1.29 is 14.3 Å². The van der Waals surface area contributed by atoms with Crippen LogP contribution in [0.5, 0.6) is 5.75 Å². The molecule has 4 nitrogen and oxygen atoms in total. The third-order valence-electron chi connectivity index (χ3n) is 4.36. The first-order valence-corrected chi connectivity index (χ1v) is 10.3. The Kier molecular flexibility index (Phi) is 12.2. The van der Waals surface area contributed by atoms with Gasteiger partial charge in [-0.3, -0.25) is 9.59 Å². The molecule has 0 bridgehead atoms. The van der Waals surface area contributed by atoms with Gasteiger partial charge in [-0.1, -0.05) is 65.2 Å². The fraction of sp³-hybridized carbons (Fsp3) is 0.636. The average Bonchev–Trinajstić information content (AvgIpc) is 2.63. The molecule has 146 valence electrons. The number of carbonyl (C=O) groups is 2. The van der Waals surface area contributed by atoms with Crippen molar-refractivity contribution in [1.82, 2.24) is 0 Å². The second kappa shape index (κ2) is 14.3. The summed E-state index contributed by atoms with van der Waals surface area (Å²) in [6.07, 6.45) is 12.2. The molecule has 1 amide bonds. The molecule has 0 spiro atoms. The second-order valence-corrected chi connectivity index (χ2v) is 6.88. The minimum absolute atomic E-state index is 0.0401. The zero-order valence-corrected chi connectivity index (χ0v) is 16.5. The van der Waals surface area contributed by atoms with E-state index in [0.717, 1.165) is 31.4 Å². The first-order chi connectivity index (χ1) is 12.7. The van der Waals surface area contributed by atoms with E-state index in [1.54, 1.807) is 24.3 Å². The highest BCUT2D eigenvalue weighted by Crippen LogP contribution is 2.17. The van der Waals surface area contributed by atoms with E-state index < -0.39 is 0 Å². The number of carbonyl (C=O) groups excluding carboxylic acids is 2. The molecule has 0 aromatic heterocycles. The monoisotopic (exact) mass is 361 g/mol. The summed E-state index contributed by atoms with van der Waals surface area (Å²) in [5.41, 5.74) is 0.739. The number of hydrogen-bond donors (Lipinski definition) is 1. The highest BCUT2D eigenvalue weighted by Gasteiger charge is 2.06. The van der Waals surface area contributed by atoms with Crippen LogP contribution in [0.3, 0.4) is 0 Å². The zero-order chi connectivity index (χ0) is 19.0. The van der Waals surface area contributed by atoms with Crippen molar-refractivity contribution in [2.45, 2.75) is 90.9 Å². The molecule has 0 unspecified atom stereocenters. The normalized spacial score (nSPS) is 10.5. The van der Waals surface area contributed by atoms with Gasteiger partial charge in [0.05, 0.1) is 0 Å². The minimum atomic E-state index is -0.189. The first kappa shape index (κ1) is 22.2. The highest BCUT2D eigenvalue weighted by atomic mass is 16.5. The highest BCUT2D eigenvalue weighted by molar-refractivity contribution is 5.90. The summed E-state index contributed by atoms with van der Waals surface area (Å²) in [5, 5.41) is 2.89. The van der Waals surface area contributed by atoms with Gasteiger partial charge in [-0.05, 0) is 37.1 Å². The summed E-state index contributed by atoms with van der Waals surface area (Å²) >= 11 is 0. The van der Waals surface area contributed by atoms with Gasteiger partial charge >= 0.3 is 5.97 Å². The van der Waals surface area contributed by atoms with E-state index in [0.29, 0.717) is 18.6 Å². The molecule has 0 radical (unpaired) electrons. The van der Waals surface area contributed by atoms with Gasteiger partial charge in [-0.15, -0.1) is 0 Å². The summed E-state index contributed by atoms with van der Waals surface area (Å²) in [6.45, 7) is 4.36. The maximum Gasteiger partial charge on any atom is 0.311 e. The van der Waals surface area contributed by atoms with Crippen molar-refractivity contribution >= 4 is 17.6 Å². The van der Waals surface area contributed by atoms with Gasteiger partial charge in [0.1, 0.15) is 5.75 Å². The Bertz CT molecular complexity index is 464. The smallest absolute Gasteiger partial charge is 0.311 e. The molecule has 0 aliphatic heterocycles. The van der Waals surface area contributed by atoms with E-state index >= 15 is 0 Å². The number of esters is 1. The standard InChI is InChI=1S/C22H35NO3/c1-3-5-7-9-11-13-21(24)23-19-15-17-20(18-16-19)26-22(25)14-12-10-8-6-4-2/h15-18H,3-14H2,1-2H3,(H,23,24). The Morgan fingerprint density at radius 3 is 1.88 bits per heavy atom. The Morgan fingerprint density at radius 1 is 0.769 bits per heavy atom.